The van der Waals surface area contributed by atoms with Crippen molar-refractivity contribution >= 4 is 29.1 Å². The number of ether oxygens (including phenoxy) is 2. The van der Waals surface area contributed by atoms with Gasteiger partial charge in [-0.25, -0.2) is 0 Å². The maximum atomic E-state index is 13.3. The first-order valence-electron chi connectivity index (χ1n) is 11.7. The predicted octanol–water partition coefficient (Wildman–Crippen LogP) is 5.85. The number of hydrogen-bond acceptors (Lipinski definition) is 6. The molecule has 4 rings (SSSR count). The molecule has 1 saturated heterocycles. The molecule has 0 spiro atoms. The minimum atomic E-state index is -0.882. The van der Waals surface area contributed by atoms with Crippen LogP contribution in [0.5, 0.6) is 17.2 Å². The zero-order chi connectivity index (χ0) is 26.9. The molecule has 1 amide bonds. The normalized spacial score (nSPS) is 17.2. The largest absolute Gasteiger partial charge is 0.508 e. The number of rotatable bonds is 6. The zero-order valence-electron chi connectivity index (χ0n) is 21.0. The van der Waals surface area contributed by atoms with Gasteiger partial charge in [-0.2, -0.15) is 0 Å². The first kappa shape index (κ1) is 26.1. The molecule has 1 aliphatic heterocycles. The Labute approximate surface area is 220 Å². The second kappa shape index (κ2) is 10.2. The highest BCUT2D eigenvalue weighted by Gasteiger charge is 2.46. The van der Waals surface area contributed by atoms with Gasteiger partial charge in [-0.05, 0) is 74.4 Å². The molecule has 3 aromatic carbocycles. The average molecular weight is 522 g/mol. The summed E-state index contributed by atoms with van der Waals surface area (Å²) in [6.07, 6.45) is 0. The maximum absolute atomic E-state index is 13.3. The summed E-state index contributed by atoms with van der Waals surface area (Å²) in [6, 6.07) is 17.2. The third kappa shape index (κ3) is 5.57. The van der Waals surface area contributed by atoms with Crippen molar-refractivity contribution in [3.63, 3.8) is 0 Å². The number of nitrogens with zero attached hydrogens (tertiary/aromatic N) is 1. The van der Waals surface area contributed by atoms with Crippen LogP contribution in [0.15, 0.2) is 72.3 Å². The van der Waals surface area contributed by atoms with E-state index in [0.717, 1.165) is 5.56 Å². The topological polar surface area (TPSA) is 96.3 Å². The summed E-state index contributed by atoms with van der Waals surface area (Å²) in [5, 5.41) is 21.3. The fourth-order valence-corrected chi connectivity index (χ4v) is 4.49. The van der Waals surface area contributed by atoms with Crippen LogP contribution in [0.1, 0.15) is 43.5 Å². The third-order valence-corrected chi connectivity index (χ3v) is 6.17. The van der Waals surface area contributed by atoms with Crippen molar-refractivity contribution in [3.8, 4) is 17.2 Å². The van der Waals surface area contributed by atoms with Gasteiger partial charge in [-0.1, -0.05) is 35.9 Å². The molecule has 192 valence electrons. The van der Waals surface area contributed by atoms with Crippen molar-refractivity contribution in [1.29, 1.82) is 0 Å². The Morgan fingerprint density at radius 3 is 2.22 bits per heavy atom. The van der Waals surface area contributed by atoms with Gasteiger partial charge in [0.2, 0.25) is 0 Å². The Balaban J connectivity index is 1.76. The van der Waals surface area contributed by atoms with Crippen molar-refractivity contribution < 1.29 is 29.3 Å². The SMILES string of the molecule is COc1ccc(/C(O)=C2/C(=O)C(=O)N(Cc3ccc(OC(C)(C)C)cc3)C2c2ccc(O)cc2)cc1Cl. The number of hydrogen-bond donors (Lipinski definition) is 2. The molecule has 1 unspecified atom stereocenters. The van der Waals surface area contributed by atoms with Crippen LogP contribution in [0.3, 0.4) is 0 Å². The number of phenolic OH excluding ortho intramolecular Hbond substituents is 1. The molecule has 0 bridgehead atoms. The Hall–Kier alpha value is -3.97. The zero-order valence-corrected chi connectivity index (χ0v) is 21.7. The van der Waals surface area contributed by atoms with Crippen LogP contribution in [0, 0.1) is 0 Å². The smallest absolute Gasteiger partial charge is 0.295 e. The van der Waals surface area contributed by atoms with E-state index in [0.29, 0.717) is 17.1 Å². The van der Waals surface area contributed by atoms with Crippen LogP contribution in [0.4, 0.5) is 0 Å². The van der Waals surface area contributed by atoms with Crippen LogP contribution in [0.2, 0.25) is 5.02 Å². The van der Waals surface area contributed by atoms with E-state index in [1.54, 1.807) is 24.3 Å². The van der Waals surface area contributed by atoms with Gasteiger partial charge in [0.05, 0.1) is 23.7 Å². The van der Waals surface area contributed by atoms with Crippen LogP contribution in [-0.4, -0.2) is 39.5 Å². The fourth-order valence-electron chi connectivity index (χ4n) is 4.23. The van der Waals surface area contributed by atoms with E-state index in [2.05, 4.69) is 0 Å². The number of aliphatic hydroxyl groups excluding tert-OH is 1. The Bertz CT molecular complexity index is 1360. The number of phenols is 1. The molecule has 7 nitrogen and oxygen atoms in total. The van der Waals surface area contributed by atoms with E-state index >= 15 is 0 Å². The van der Waals surface area contributed by atoms with Crippen LogP contribution < -0.4 is 9.47 Å². The number of halogens is 1. The van der Waals surface area contributed by atoms with E-state index in [4.69, 9.17) is 21.1 Å². The number of methoxy groups -OCH3 is 1. The summed E-state index contributed by atoms with van der Waals surface area (Å²) in [5.41, 5.74) is 1.19. The monoisotopic (exact) mass is 521 g/mol. The highest BCUT2D eigenvalue weighted by molar-refractivity contribution is 6.46. The van der Waals surface area contributed by atoms with Crippen LogP contribution in [-0.2, 0) is 16.1 Å². The quantitative estimate of drug-likeness (QED) is 0.240. The lowest BCUT2D eigenvalue weighted by Crippen LogP contribution is -2.29. The summed E-state index contributed by atoms with van der Waals surface area (Å²) < 4.78 is 11.0. The van der Waals surface area contributed by atoms with Gasteiger partial charge in [-0.3, -0.25) is 9.59 Å². The Morgan fingerprint density at radius 1 is 1.00 bits per heavy atom. The van der Waals surface area contributed by atoms with Crippen molar-refractivity contribution in [2.24, 2.45) is 0 Å². The second-order valence-corrected chi connectivity index (χ2v) is 10.1. The lowest BCUT2D eigenvalue weighted by molar-refractivity contribution is -0.140. The first-order chi connectivity index (χ1) is 17.5. The fraction of sp³-hybridized carbons (Fsp3) is 0.241. The van der Waals surface area contributed by atoms with Crippen molar-refractivity contribution in [2.75, 3.05) is 7.11 Å². The van der Waals surface area contributed by atoms with Crippen molar-refractivity contribution in [1.82, 2.24) is 4.90 Å². The molecule has 1 atom stereocenters. The number of benzene rings is 3. The number of aliphatic hydroxyl groups is 1. The van der Waals surface area contributed by atoms with E-state index < -0.39 is 17.7 Å². The minimum Gasteiger partial charge on any atom is -0.508 e. The number of carbonyl (C=O) groups excluding carboxylic acids is 2. The molecule has 3 aromatic rings. The highest BCUT2D eigenvalue weighted by Crippen LogP contribution is 2.41. The van der Waals surface area contributed by atoms with Gasteiger partial charge in [0, 0.05) is 12.1 Å². The second-order valence-electron chi connectivity index (χ2n) is 9.73. The van der Waals surface area contributed by atoms with Crippen molar-refractivity contribution in [3.05, 3.63) is 94.0 Å². The van der Waals surface area contributed by atoms with Gasteiger partial charge in [0.25, 0.3) is 11.7 Å². The summed E-state index contributed by atoms with van der Waals surface area (Å²) in [4.78, 5) is 27.9. The number of amides is 1. The number of carbonyl (C=O) groups is 2. The Kier molecular flexibility index (Phi) is 7.18. The van der Waals surface area contributed by atoms with Crippen molar-refractivity contribution in [2.45, 2.75) is 39.0 Å². The van der Waals surface area contributed by atoms with E-state index in [9.17, 15) is 19.8 Å². The molecule has 1 heterocycles. The lowest BCUT2D eigenvalue weighted by Gasteiger charge is -2.26. The van der Waals surface area contributed by atoms with E-state index in [1.807, 2.05) is 45.0 Å². The number of aromatic hydroxyl groups is 1. The number of Topliss-reactive ketones (excluding diaryl/α,β-unsaturated/α-hetero) is 1. The maximum Gasteiger partial charge on any atom is 0.295 e. The molecule has 0 aliphatic carbocycles. The third-order valence-electron chi connectivity index (χ3n) is 5.87. The highest BCUT2D eigenvalue weighted by atomic mass is 35.5. The van der Waals surface area contributed by atoms with Crippen LogP contribution >= 0.6 is 11.6 Å². The standard InChI is InChI=1S/C29H28ClNO6/c1-29(2,3)37-21-12-5-17(6-13-21)16-31-25(18-7-10-20(32)11-8-18)24(27(34)28(31)35)26(33)19-9-14-23(36-4)22(30)15-19/h5-15,25,32-33H,16H2,1-4H3/b26-24-. The number of ketones is 1. The predicted molar refractivity (Wildman–Crippen MR) is 141 cm³/mol. The molecule has 0 saturated carbocycles. The Morgan fingerprint density at radius 2 is 1.65 bits per heavy atom. The van der Waals surface area contributed by atoms with Gasteiger partial charge >= 0.3 is 0 Å². The summed E-state index contributed by atoms with van der Waals surface area (Å²) in [5.74, 6) is -0.767. The van der Waals surface area contributed by atoms with Gasteiger partial charge < -0.3 is 24.6 Å². The molecule has 1 fully saturated rings. The van der Waals surface area contributed by atoms with E-state index in [1.165, 1.54) is 30.2 Å². The lowest BCUT2D eigenvalue weighted by atomic mass is 9.95. The van der Waals surface area contributed by atoms with Gasteiger partial charge in [0.1, 0.15) is 28.6 Å². The summed E-state index contributed by atoms with van der Waals surface area (Å²) in [6.45, 7) is 5.97. The first-order valence-corrected chi connectivity index (χ1v) is 12.1. The van der Waals surface area contributed by atoms with Crippen LogP contribution in [0.25, 0.3) is 5.76 Å². The molecule has 37 heavy (non-hydrogen) atoms. The summed E-state index contributed by atoms with van der Waals surface area (Å²) >= 11 is 6.25. The number of likely N-dealkylation sites (tertiary alicyclic amines) is 1. The average Bonchev–Trinajstić information content (AvgIpc) is 3.09. The molecule has 1 aliphatic rings. The molecule has 8 heteroatoms. The molecule has 2 N–H and O–H groups in total. The molecular formula is C29H28ClNO6. The summed E-state index contributed by atoms with van der Waals surface area (Å²) in [7, 11) is 1.47. The molecular weight excluding hydrogens is 494 g/mol. The molecule has 0 radical (unpaired) electrons. The van der Waals surface area contributed by atoms with E-state index in [-0.39, 0.29) is 39.8 Å². The van der Waals surface area contributed by atoms with Gasteiger partial charge in [-0.15, -0.1) is 0 Å². The molecule has 0 aromatic heterocycles. The minimum absolute atomic E-state index is 0.0390. The van der Waals surface area contributed by atoms with Gasteiger partial charge in [0.15, 0.2) is 0 Å².